The van der Waals surface area contributed by atoms with E-state index in [1.54, 1.807) is 0 Å². The van der Waals surface area contributed by atoms with Crippen molar-refractivity contribution in [3.63, 3.8) is 0 Å². The second-order valence-corrected chi connectivity index (χ2v) is 8.44. The third kappa shape index (κ3) is 4.55. The average Bonchev–Trinajstić information content (AvgIpc) is 2.91. The zero-order valence-electron chi connectivity index (χ0n) is 15.8. The summed E-state index contributed by atoms with van der Waals surface area (Å²) in [5.74, 6) is 0.599. The first kappa shape index (κ1) is 18.7. The third-order valence-corrected chi connectivity index (χ3v) is 5.67. The largest absolute Gasteiger partial charge is 0.309 e. The minimum atomic E-state index is 0.180. The number of hydrogen-bond acceptors (Lipinski definition) is 2. The maximum atomic E-state index is 6.34. The Morgan fingerprint density at radius 1 is 1.24 bits per heavy atom. The summed E-state index contributed by atoms with van der Waals surface area (Å²) in [6, 6.07) is 7.01. The molecule has 1 aliphatic heterocycles. The smallest absolute Gasteiger partial charge is 0.0409 e. The van der Waals surface area contributed by atoms with Crippen LogP contribution in [0.4, 0.5) is 0 Å². The highest BCUT2D eigenvalue weighted by Crippen LogP contribution is 2.46. The molecule has 25 heavy (non-hydrogen) atoms. The maximum Gasteiger partial charge on any atom is 0.0409 e. The summed E-state index contributed by atoms with van der Waals surface area (Å²) < 4.78 is 0. The average molecular weight is 359 g/mol. The number of fused-ring (bicyclic) bond motifs is 1. The molecule has 0 aromatic heterocycles. The molecule has 1 aromatic carbocycles. The number of halogens is 1. The lowest BCUT2D eigenvalue weighted by Crippen LogP contribution is -2.57. The summed E-state index contributed by atoms with van der Waals surface area (Å²) in [6.07, 6.45) is 12.3. The molecular weight excluding hydrogens is 328 g/mol. The molecule has 0 bridgehead atoms. The second-order valence-electron chi connectivity index (χ2n) is 8.00. The van der Waals surface area contributed by atoms with Gasteiger partial charge in [0, 0.05) is 36.2 Å². The highest BCUT2D eigenvalue weighted by molar-refractivity contribution is 6.30. The van der Waals surface area contributed by atoms with E-state index in [1.807, 2.05) is 0 Å². The van der Waals surface area contributed by atoms with E-state index in [0.717, 1.165) is 37.5 Å². The molecule has 1 saturated heterocycles. The highest BCUT2D eigenvalue weighted by Gasteiger charge is 2.37. The van der Waals surface area contributed by atoms with Crippen LogP contribution in [0.2, 0.25) is 5.02 Å². The fourth-order valence-electron chi connectivity index (χ4n) is 4.28. The molecule has 2 aliphatic rings. The Hall–Kier alpha value is -1.09. The highest BCUT2D eigenvalue weighted by atomic mass is 35.5. The van der Waals surface area contributed by atoms with Crippen molar-refractivity contribution in [3.05, 3.63) is 58.7 Å². The van der Waals surface area contributed by atoms with Crippen molar-refractivity contribution >= 4 is 11.6 Å². The van der Waals surface area contributed by atoms with E-state index in [-0.39, 0.29) is 5.54 Å². The van der Waals surface area contributed by atoms with Gasteiger partial charge in [0.25, 0.3) is 0 Å². The van der Waals surface area contributed by atoms with E-state index in [1.165, 1.54) is 17.5 Å². The Balaban J connectivity index is 1.78. The van der Waals surface area contributed by atoms with Crippen LogP contribution < -0.4 is 5.32 Å². The number of hydrogen-bond donors (Lipinski definition) is 1. The van der Waals surface area contributed by atoms with Crippen LogP contribution >= 0.6 is 11.6 Å². The predicted octanol–water partition coefficient (Wildman–Crippen LogP) is 5.46. The fraction of sp³-hybridized carbons (Fsp3) is 0.545. The van der Waals surface area contributed by atoms with Gasteiger partial charge in [-0.15, -0.1) is 0 Å². The molecule has 2 atom stereocenters. The molecule has 3 heteroatoms. The van der Waals surface area contributed by atoms with E-state index >= 15 is 0 Å². The first-order valence-electron chi connectivity index (χ1n) is 9.60. The van der Waals surface area contributed by atoms with Gasteiger partial charge in [-0.2, -0.15) is 0 Å². The Morgan fingerprint density at radius 3 is 2.80 bits per heavy atom. The number of piperazine rings is 1. The van der Waals surface area contributed by atoms with Crippen molar-refractivity contribution in [3.8, 4) is 0 Å². The Bertz CT molecular complexity index is 647. The monoisotopic (exact) mass is 358 g/mol. The molecule has 1 N–H and O–H groups in total. The molecule has 1 aromatic rings. The van der Waals surface area contributed by atoms with Crippen molar-refractivity contribution in [2.75, 3.05) is 19.6 Å². The quantitative estimate of drug-likeness (QED) is 0.702. The van der Waals surface area contributed by atoms with E-state index in [4.69, 9.17) is 11.6 Å². The fourth-order valence-corrected chi connectivity index (χ4v) is 4.46. The van der Waals surface area contributed by atoms with Crippen LogP contribution in [0.25, 0.3) is 0 Å². The molecule has 136 valence electrons. The number of benzene rings is 1. The van der Waals surface area contributed by atoms with Crippen LogP contribution in [0.15, 0.2) is 42.5 Å². The summed E-state index contributed by atoms with van der Waals surface area (Å²) in [7, 11) is 0. The molecule has 1 unspecified atom stereocenters. The second kappa shape index (κ2) is 8.07. The Morgan fingerprint density at radius 2 is 2.04 bits per heavy atom. The molecular formula is C22H31ClN2. The zero-order chi connectivity index (χ0) is 17.9. The van der Waals surface area contributed by atoms with Gasteiger partial charge in [-0.25, -0.2) is 0 Å². The Kier molecular flexibility index (Phi) is 6.04. The number of nitrogens with one attached hydrogen (secondary N) is 1. The van der Waals surface area contributed by atoms with Gasteiger partial charge in [0.15, 0.2) is 0 Å². The van der Waals surface area contributed by atoms with Crippen molar-refractivity contribution in [1.82, 2.24) is 10.2 Å². The van der Waals surface area contributed by atoms with Gasteiger partial charge in [0.1, 0.15) is 0 Å². The summed E-state index contributed by atoms with van der Waals surface area (Å²) in [5, 5.41) is 4.49. The van der Waals surface area contributed by atoms with E-state index in [9.17, 15) is 0 Å². The molecule has 0 amide bonds. The van der Waals surface area contributed by atoms with Gasteiger partial charge >= 0.3 is 0 Å². The molecule has 1 aliphatic carbocycles. The number of allylic oxidation sites excluding steroid dienone is 4. The molecule has 2 nitrogen and oxygen atoms in total. The van der Waals surface area contributed by atoms with E-state index < -0.39 is 0 Å². The standard InChI is InChI=1S/C22H31ClN2/c1-4-5-6-7-8-9-17-14-21(20-15-18(23)10-11-19(17)20)25-13-12-24-22(2,3)16-25/h5-8,10-11,15,17,21,24H,4,9,12-14,16H2,1-3H3/b6-5-,8-7-/t17?,21-/m1/s1. The summed E-state index contributed by atoms with van der Waals surface area (Å²) >= 11 is 6.34. The minimum Gasteiger partial charge on any atom is -0.309 e. The predicted molar refractivity (Wildman–Crippen MR) is 108 cm³/mol. The van der Waals surface area contributed by atoms with Gasteiger partial charge < -0.3 is 5.32 Å². The molecule has 1 fully saturated rings. The van der Waals surface area contributed by atoms with Gasteiger partial charge in [0.05, 0.1) is 0 Å². The van der Waals surface area contributed by atoms with Crippen molar-refractivity contribution < 1.29 is 0 Å². The normalized spacial score (nSPS) is 26.6. The molecule has 3 rings (SSSR count). The van der Waals surface area contributed by atoms with E-state index in [0.29, 0.717) is 12.0 Å². The molecule has 0 saturated carbocycles. The van der Waals surface area contributed by atoms with Crippen LogP contribution in [0.1, 0.15) is 63.1 Å². The van der Waals surface area contributed by atoms with Crippen LogP contribution in [0.5, 0.6) is 0 Å². The summed E-state index contributed by atoms with van der Waals surface area (Å²) in [6.45, 7) is 10.0. The Labute approximate surface area is 157 Å². The van der Waals surface area contributed by atoms with Gasteiger partial charge in [-0.1, -0.05) is 48.9 Å². The SMILES string of the molecule is CC/C=C\C=C/CC1C[C@@H](N2CCNC(C)(C)C2)c2cc(Cl)ccc21. The topological polar surface area (TPSA) is 15.3 Å². The lowest BCUT2D eigenvalue weighted by atomic mass is 9.97. The first-order valence-corrected chi connectivity index (χ1v) is 9.98. The zero-order valence-corrected chi connectivity index (χ0v) is 16.5. The molecule has 1 heterocycles. The third-order valence-electron chi connectivity index (χ3n) is 5.44. The molecule has 0 spiro atoms. The van der Waals surface area contributed by atoms with Crippen LogP contribution in [0, 0.1) is 0 Å². The number of rotatable bonds is 5. The summed E-state index contributed by atoms with van der Waals surface area (Å²) in [5.41, 5.74) is 3.13. The van der Waals surface area contributed by atoms with Crippen LogP contribution in [-0.2, 0) is 0 Å². The van der Waals surface area contributed by atoms with Gasteiger partial charge in [-0.05, 0) is 62.3 Å². The first-order chi connectivity index (χ1) is 12.0. The van der Waals surface area contributed by atoms with Crippen LogP contribution in [-0.4, -0.2) is 30.1 Å². The van der Waals surface area contributed by atoms with Crippen LogP contribution in [0.3, 0.4) is 0 Å². The number of nitrogens with zero attached hydrogens (tertiary/aromatic N) is 1. The lowest BCUT2D eigenvalue weighted by molar-refractivity contribution is 0.106. The van der Waals surface area contributed by atoms with Gasteiger partial charge in [-0.3, -0.25) is 4.90 Å². The van der Waals surface area contributed by atoms with E-state index in [2.05, 4.69) is 73.5 Å². The van der Waals surface area contributed by atoms with Crippen molar-refractivity contribution in [2.24, 2.45) is 0 Å². The van der Waals surface area contributed by atoms with Crippen molar-refractivity contribution in [2.45, 2.75) is 57.5 Å². The van der Waals surface area contributed by atoms with Crippen molar-refractivity contribution in [1.29, 1.82) is 0 Å². The molecule has 0 radical (unpaired) electrons. The maximum absolute atomic E-state index is 6.34. The van der Waals surface area contributed by atoms with Gasteiger partial charge in [0.2, 0.25) is 0 Å². The lowest BCUT2D eigenvalue weighted by Gasteiger charge is -2.42. The summed E-state index contributed by atoms with van der Waals surface area (Å²) in [4.78, 5) is 2.66. The minimum absolute atomic E-state index is 0.180.